The van der Waals surface area contributed by atoms with Crippen LogP contribution >= 0.6 is 0 Å². The van der Waals surface area contributed by atoms with Crippen molar-refractivity contribution >= 4 is 12.2 Å². The standard InChI is InChI=1S/C33H38N4O4/c1-32(2,3)41-31(39)36-16-14-27-29-26(34-37(27)25-11-9-24(10-12-25)33-17-23(18-33)19-33)13-15-35(20-28(29)36)30(38)40-21-22-7-5-4-6-8-22/h4-12,23,28H,13-21H2,1-3H3/t23?,28-,33?/m1/s1. The number of nitrogens with zero attached hydrogens (tertiary/aromatic N) is 4. The van der Waals surface area contributed by atoms with E-state index in [1.165, 1.54) is 24.8 Å². The third-order valence-electron chi connectivity index (χ3n) is 9.26. The summed E-state index contributed by atoms with van der Waals surface area (Å²) in [5, 5.41) is 5.09. The molecule has 3 saturated carbocycles. The van der Waals surface area contributed by atoms with Gasteiger partial charge in [-0.3, -0.25) is 4.90 Å². The smallest absolute Gasteiger partial charge is 0.410 e. The fourth-order valence-corrected chi connectivity index (χ4v) is 7.11. The molecule has 2 aliphatic heterocycles. The summed E-state index contributed by atoms with van der Waals surface area (Å²) in [6.07, 6.45) is 4.52. The van der Waals surface area contributed by atoms with Crippen LogP contribution in [0.5, 0.6) is 0 Å². The van der Waals surface area contributed by atoms with Crippen LogP contribution in [0, 0.1) is 5.92 Å². The SMILES string of the molecule is CC(C)(C)OC(=O)N1CCc2c3c(nn2-c2ccc(C45CC(C4)C5)cc2)CCN(C(=O)OCc2ccccc2)C[C@H]31. The first-order valence-electron chi connectivity index (χ1n) is 14.9. The van der Waals surface area contributed by atoms with Gasteiger partial charge in [0.15, 0.2) is 0 Å². The first-order valence-corrected chi connectivity index (χ1v) is 14.9. The van der Waals surface area contributed by atoms with Crippen molar-refractivity contribution in [1.82, 2.24) is 19.6 Å². The van der Waals surface area contributed by atoms with E-state index < -0.39 is 5.60 Å². The average molecular weight is 555 g/mol. The molecule has 8 heteroatoms. The molecule has 0 radical (unpaired) electrons. The summed E-state index contributed by atoms with van der Waals surface area (Å²) < 4.78 is 13.6. The Kier molecular flexibility index (Phi) is 6.14. The topological polar surface area (TPSA) is 76.9 Å². The zero-order valence-corrected chi connectivity index (χ0v) is 24.1. The minimum atomic E-state index is -0.619. The van der Waals surface area contributed by atoms with Gasteiger partial charge in [-0.1, -0.05) is 42.5 Å². The molecule has 3 aliphatic carbocycles. The number of carbonyl (C=O) groups excluding carboxylic acids is 2. The Balaban J connectivity index is 1.17. The highest BCUT2D eigenvalue weighted by molar-refractivity contribution is 5.71. The number of rotatable bonds is 4. The zero-order valence-electron chi connectivity index (χ0n) is 24.1. The van der Waals surface area contributed by atoms with Gasteiger partial charge in [-0.2, -0.15) is 5.10 Å². The van der Waals surface area contributed by atoms with Crippen LogP contribution in [0.1, 0.15) is 74.2 Å². The second-order valence-electron chi connectivity index (χ2n) is 13.2. The third-order valence-corrected chi connectivity index (χ3v) is 9.26. The van der Waals surface area contributed by atoms with Gasteiger partial charge in [0.25, 0.3) is 0 Å². The maximum atomic E-state index is 13.4. The summed E-state index contributed by atoms with van der Waals surface area (Å²) in [5.74, 6) is 0.945. The van der Waals surface area contributed by atoms with Gasteiger partial charge in [0.05, 0.1) is 23.1 Å². The third kappa shape index (κ3) is 4.67. The van der Waals surface area contributed by atoms with Gasteiger partial charge in [0.2, 0.25) is 0 Å². The van der Waals surface area contributed by atoms with Crippen molar-refractivity contribution in [3.05, 3.63) is 82.7 Å². The van der Waals surface area contributed by atoms with Gasteiger partial charge in [-0.25, -0.2) is 14.3 Å². The second kappa shape index (κ2) is 9.64. The van der Waals surface area contributed by atoms with E-state index in [1.54, 1.807) is 9.80 Å². The average Bonchev–Trinajstić information content (AvgIpc) is 3.15. The Hall–Kier alpha value is -3.81. The zero-order chi connectivity index (χ0) is 28.4. The highest BCUT2D eigenvalue weighted by atomic mass is 16.6. The lowest BCUT2D eigenvalue weighted by molar-refractivity contribution is -0.0273. The number of hydrogen-bond donors (Lipinski definition) is 0. The number of ether oxygens (including phenoxy) is 2. The maximum absolute atomic E-state index is 13.4. The predicted octanol–water partition coefficient (Wildman–Crippen LogP) is 5.95. The Morgan fingerprint density at radius 3 is 2.34 bits per heavy atom. The Morgan fingerprint density at radius 1 is 0.951 bits per heavy atom. The minimum absolute atomic E-state index is 0.206. The van der Waals surface area contributed by atoms with E-state index in [-0.39, 0.29) is 24.8 Å². The summed E-state index contributed by atoms with van der Waals surface area (Å²) in [5.41, 5.74) is 6.33. The van der Waals surface area contributed by atoms with Crippen LogP contribution in [0.15, 0.2) is 54.6 Å². The second-order valence-corrected chi connectivity index (χ2v) is 13.2. The summed E-state index contributed by atoms with van der Waals surface area (Å²) >= 11 is 0. The van der Waals surface area contributed by atoms with E-state index in [0.29, 0.717) is 37.9 Å². The van der Waals surface area contributed by atoms with Crippen molar-refractivity contribution < 1.29 is 19.1 Å². The van der Waals surface area contributed by atoms with Gasteiger partial charge in [-0.15, -0.1) is 0 Å². The van der Waals surface area contributed by atoms with Gasteiger partial charge in [0.1, 0.15) is 12.2 Å². The lowest BCUT2D eigenvalue weighted by Crippen LogP contribution is -2.55. The van der Waals surface area contributed by atoms with Crippen LogP contribution in [0.3, 0.4) is 0 Å². The molecule has 1 aromatic heterocycles. The molecule has 0 saturated heterocycles. The van der Waals surface area contributed by atoms with E-state index in [4.69, 9.17) is 14.6 Å². The molecule has 0 N–H and O–H groups in total. The summed E-state index contributed by atoms with van der Waals surface area (Å²) in [7, 11) is 0. The number of aromatic nitrogens is 2. The maximum Gasteiger partial charge on any atom is 0.410 e. The van der Waals surface area contributed by atoms with Crippen molar-refractivity contribution in [2.75, 3.05) is 19.6 Å². The van der Waals surface area contributed by atoms with Crippen LogP contribution < -0.4 is 0 Å². The van der Waals surface area contributed by atoms with E-state index in [9.17, 15) is 9.59 Å². The van der Waals surface area contributed by atoms with E-state index >= 15 is 0 Å². The van der Waals surface area contributed by atoms with Crippen LogP contribution in [0.2, 0.25) is 0 Å². The molecule has 8 rings (SSSR count). The molecule has 2 amide bonds. The summed E-state index contributed by atoms with van der Waals surface area (Å²) in [6.45, 7) is 7.13. The molecule has 214 valence electrons. The minimum Gasteiger partial charge on any atom is -0.445 e. The molecule has 0 unspecified atom stereocenters. The largest absolute Gasteiger partial charge is 0.445 e. The Morgan fingerprint density at radius 2 is 1.68 bits per heavy atom. The molecule has 5 aliphatic rings. The molecule has 8 nitrogen and oxygen atoms in total. The molecule has 3 fully saturated rings. The molecule has 2 aromatic carbocycles. The Bertz CT molecular complexity index is 1460. The number of carbonyl (C=O) groups is 2. The molecule has 3 aromatic rings. The first-order chi connectivity index (χ1) is 19.7. The number of benzene rings is 2. The van der Waals surface area contributed by atoms with Crippen molar-refractivity contribution in [3.63, 3.8) is 0 Å². The van der Waals surface area contributed by atoms with Crippen LogP contribution in [-0.4, -0.2) is 57.0 Å². The normalized spacial score (nSPS) is 24.5. The van der Waals surface area contributed by atoms with Crippen LogP contribution in [0.4, 0.5) is 9.59 Å². The quantitative estimate of drug-likeness (QED) is 0.398. The molecule has 1 atom stereocenters. The molecule has 0 spiro atoms. The lowest BCUT2D eigenvalue weighted by atomic mass is 9.42. The van der Waals surface area contributed by atoms with Crippen molar-refractivity contribution in [3.8, 4) is 5.69 Å². The predicted molar refractivity (Wildman–Crippen MR) is 154 cm³/mol. The fourth-order valence-electron chi connectivity index (χ4n) is 7.11. The Labute approximate surface area is 241 Å². The van der Waals surface area contributed by atoms with E-state index in [0.717, 1.165) is 34.1 Å². The highest BCUT2D eigenvalue weighted by Crippen LogP contribution is 2.65. The lowest BCUT2D eigenvalue weighted by Gasteiger charge is -2.62. The van der Waals surface area contributed by atoms with Crippen LogP contribution in [-0.2, 0) is 34.3 Å². The fraction of sp³-hybridized carbons (Fsp3) is 0.485. The summed E-state index contributed by atoms with van der Waals surface area (Å²) in [4.78, 5) is 30.1. The van der Waals surface area contributed by atoms with Crippen molar-refractivity contribution in [2.45, 2.75) is 76.5 Å². The van der Waals surface area contributed by atoms with Gasteiger partial charge >= 0.3 is 12.2 Å². The molecule has 3 heterocycles. The molecule has 2 bridgehead atoms. The summed E-state index contributed by atoms with van der Waals surface area (Å²) in [6, 6.07) is 18.3. The van der Waals surface area contributed by atoms with E-state index in [2.05, 4.69) is 28.9 Å². The van der Waals surface area contributed by atoms with Crippen molar-refractivity contribution in [2.24, 2.45) is 5.92 Å². The monoisotopic (exact) mass is 554 g/mol. The van der Waals surface area contributed by atoms with Gasteiger partial charge in [0, 0.05) is 38.0 Å². The highest BCUT2D eigenvalue weighted by Gasteiger charge is 2.57. The first kappa shape index (κ1) is 26.1. The number of hydrogen-bond acceptors (Lipinski definition) is 5. The van der Waals surface area contributed by atoms with E-state index in [1.807, 2.05) is 51.1 Å². The molecular weight excluding hydrogens is 516 g/mol. The van der Waals surface area contributed by atoms with Gasteiger partial charge in [-0.05, 0) is 74.6 Å². The van der Waals surface area contributed by atoms with Crippen molar-refractivity contribution in [1.29, 1.82) is 0 Å². The van der Waals surface area contributed by atoms with Crippen LogP contribution in [0.25, 0.3) is 5.69 Å². The molecule has 41 heavy (non-hydrogen) atoms. The van der Waals surface area contributed by atoms with Gasteiger partial charge < -0.3 is 14.4 Å². The molecular formula is C33H38N4O4. The number of amides is 2.